The van der Waals surface area contributed by atoms with Gasteiger partial charge in [0.15, 0.2) is 5.82 Å². The molecule has 0 amide bonds. The third-order valence-corrected chi connectivity index (χ3v) is 5.25. The summed E-state index contributed by atoms with van der Waals surface area (Å²) in [7, 11) is 0. The maximum absolute atomic E-state index is 12.5. The Kier molecular flexibility index (Phi) is 4.50. The summed E-state index contributed by atoms with van der Waals surface area (Å²) in [6.07, 6.45) is 1.65. The minimum absolute atomic E-state index is 0.192. The van der Waals surface area contributed by atoms with E-state index in [4.69, 9.17) is 27.6 Å². The first-order chi connectivity index (χ1) is 12.5. The highest BCUT2D eigenvalue weighted by atomic mass is 127. The Morgan fingerprint density at radius 2 is 2.00 bits per heavy atom. The van der Waals surface area contributed by atoms with Gasteiger partial charge in [-0.1, -0.05) is 23.2 Å². The number of fused-ring (bicyclic) bond motifs is 1. The highest BCUT2D eigenvalue weighted by molar-refractivity contribution is 14.1. The molecule has 0 aliphatic rings. The first-order valence-electron chi connectivity index (χ1n) is 7.55. The molecule has 0 N–H and O–H groups in total. The van der Waals surface area contributed by atoms with E-state index >= 15 is 0 Å². The number of benzene rings is 1. The van der Waals surface area contributed by atoms with Gasteiger partial charge in [-0.05, 0) is 71.5 Å². The molecular formula is C18H10Cl2IN3O2. The Hall–Kier alpha value is -1.90. The molecular weight excluding hydrogens is 488 g/mol. The minimum Gasteiger partial charge on any atom is -0.401 e. The molecule has 26 heavy (non-hydrogen) atoms. The van der Waals surface area contributed by atoms with Crippen LogP contribution in [0.3, 0.4) is 0 Å². The zero-order chi connectivity index (χ0) is 18.4. The average Bonchev–Trinajstić information content (AvgIpc) is 2.97. The van der Waals surface area contributed by atoms with Crippen LogP contribution in [0.1, 0.15) is 5.56 Å². The molecule has 0 radical (unpaired) electrons. The van der Waals surface area contributed by atoms with E-state index in [1.807, 2.05) is 19.1 Å². The SMILES string of the molecule is Cc1cc(Cl)cc2c(=O)oc(-c3ccc(I)n3-c3ncccc3Cl)nc12. The second-order valence-corrected chi connectivity index (χ2v) is 7.56. The van der Waals surface area contributed by atoms with Crippen LogP contribution >= 0.6 is 45.8 Å². The van der Waals surface area contributed by atoms with Crippen molar-refractivity contribution < 1.29 is 4.42 Å². The number of nitrogens with zero attached hydrogens (tertiary/aromatic N) is 3. The van der Waals surface area contributed by atoms with Crippen LogP contribution in [-0.4, -0.2) is 14.5 Å². The fourth-order valence-electron chi connectivity index (χ4n) is 2.75. The van der Waals surface area contributed by atoms with Gasteiger partial charge in [0.1, 0.15) is 5.69 Å². The monoisotopic (exact) mass is 497 g/mol. The third-order valence-electron chi connectivity index (χ3n) is 3.89. The van der Waals surface area contributed by atoms with Crippen molar-refractivity contribution in [2.24, 2.45) is 0 Å². The molecule has 0 atom stereocenters. The maximum Gasteiger partial charge on any atom is 0.347 e. The lowest BCUT2D eigenvalue weighted by molar-refractivity contribution is 0.514. The Morgan fingerprint density at radius 1 is 1.19 bits per heavy atom. The summed E-state index contributed by atoms with van der Waals surface area (Å²) < 4.78 is 8.14. The lowest BCUT2D eigenvalue weighted by Crippen LogP contribution is -2.08. The number of hydrogen-bond donors (Lipinski definition) is 0. The minimum atomic E-state index is -0.495. The number of hydrogen-bond acceptors (Lipinski definition) is 4. The highest BCUT2D eigenvalue weighted by Gasteiger charge is 2.19. The molecule has 8 heteroatoms. The third kappa shape index (κ3) is 2.91. The molecule has 1 aromatic carbocycles. The molecule has 3 aromatic heterocycles. The summed E-state index contributed by atoms with van der Waals surface area (Å²) >= 11 is 14.5. The molecule has 4 rings (SSSR count). The van der Waals surface area contributed by atoms with Gasteiger partial charge in [0.2, 0.25) is 5.89 Å². The first-order valence-corrected chi connectivity index (χ1v) is 9.38. The van der Waals surface area contributed by atoms with Gasteiger partial charge in [-0.25, -0.2) is 14.8 Å². The summed E-state index contributed by atoms with van der Waals surface area (Å²) in [5.74, 6) is 0.730. The lowest BCUT2D eigenvalue weighted by Gasteiger charge is -2.11. The van der Waals surface area contributed by atoms with E-state index in [0.29, 0.717) is 32.5 Å². The van der Waals surface area contributed by atoms with Crippen LogP contribution in [0.15, 0.2) is 51.8 Å². The van der Waals surface area contributed by atoms with Crippen LogP contribution in [0.4, 0.5) is 0 Å². The van der Waals surface area contributed by atoms with Gasteiger partial charge >= 0.3 is 5.63 Å². The molecule has 0 unspecified atom stereocenters. The normalized spacial score (nSPS) is 11.2. The molecule has 0 aliphatic heterocycles. The lowest BCUT2D eigenvalue weighted by atomic mass is 10.1. The fraction of sp³-hybridized carbons (Fsp3) is 0.0556. The summed E-state index contributed by atoms with van der Waals surface area (Å²) in [5, 5.41) is 1.30. The van der Waals surface area contributed by atoms with Crippen LogP contribution in [0.2, 0.25) is 10.0 Å². The van der Waals surface area contributed by atoms with Gasteiger partial charge in [0, 0.05) is 11.2 Å². The van der Waals surface area contributed by atoms with Crippen molar-refractivity contribution in [1.82, 2.24) is 14.5 Å². The Balaban J connectivity index is 2.01. The van der Waals surface area contributed by atoms with Crippen LogP contribution in [0.25, 0.3) is 28.3 Å². The van der Waals surface area contributed by atoms with E-state index in [2.05, 4.69) is 32.6 Å². The second kappa shape index (κ2) is 6.68. The predicted octanol–water partition coefficient (Wildman–Crippen LogP) is 5.26. The molecule has 4 aromatic rings. The van der Waals surface area contributed by atoms with E-state index in [1.54, 1.807) is 35.0 Å². The summed E-state index contributed by atoms with van der Waals surface area (Å²) in [5.41, 5.74) is 1.44. The van der Waals surface area contributed by atoms with Crippen LogP contribution in [0, 0.1) is 10.6 Å². The van der Waals surface area contributed by atoms with Gasteiger partial charge < -0.3 is 4.42 Å². The topological polar surface area (TPSA) is 60.9 Å². The summed E-state index contributed by atoms with van der Waals surface area (Å²) in [6.45, 7) is 1.85. The Bertz CT molecular complexity index is 1220. The molecule has 0 saturated carbocycles. The standard InChI is InChI=1S/C18H10Cl2IN3O2/c1-9-7-10(19)8-11-15(9)23-17(26-18(11)25)13-4-5-14(21)24(13)16-12(20)3-2-6-22-16/h2-8H,1H3. The van der Waals surface area contributed by atoms with Crippen molar-refractivity contribution in [3.63, 3.8) is 0 Å². The van der Waals surface area contributed by atoms with Crippen LogP contribution < -0.4 is 5.63 Å². The van der Waals surface area contributed by atoms with Crippen LogP contribution in [0.5, 0.6) is 0 Å². The van der Waals surface area contributed by atoms with E-state index in [1.165, 1.54) is 0 Å². The van der Waals surface area contributed by atoms with Crippen molar-refractivity contribution >= 4 is 56.7 Å². The van der Waals surface area contributed by atoms with Gasteiger partial charge in [-0.2, -0.15) is 0 Å². The maximum atomic E-state index is 12.5. The molecule has 0 bridgehead atoms. The first kappa shape index (κ1) is 17.5. The number of pyridine rings is 1. The number of aromatic nitrogens is 3. The zero-order valence-electron chi connectivity index (χ0n) is 13.3. The number of aryl methyl sites for hydroxylation is 1. The molecule has 3 heterocycles. The molecule has 0 saturated heterocycles. The van der Waals surface area contributed by atoms with Gasteiger partial charge in [0.25, 0.3) is 0 Å². The Labute approximate surface area is 171 Å². The number of halogens is 3. The number of rotatable bonds is 2. The summed E-state index contributed by atoms with van der Waals surface area (Å²) in [6, 6.07) is 10.5. The summed E-state index contributed by atoms with van der Waals surface area (Å²) in [4.78, 5) is 21.4. The van der Waals surface area contributed by atoms with Crippen LogP contribution in [-0.2, 0) is 0 Å². The van der Waals surface area contributed by atoms with E-state index in [9.17, 15) is 4.79 Å². The Morgan fingerprint density at radius 3 is 2.77 bits per heavy atom. The van der Waals surface area contributed by atoms with Crippen molar-refractivity contribution in [2.45, 2.75) is 6.92 Å². The van der Waals surface area contributed by atoms with E-state index < -0.39 is 5.63 Å². The van der Waals surface area contributed by atoms with Gasteiger partial charge in [0.05, 0.1) is 19.6 Å². The quantitative estimate of drug-likeness (QED) is 0.354. The zero-order valence-corrected chi connectivity index (χ0v) is 17.0. The van der Waals surface area contributed by atoms with Crippen molar-refractivity contribution in [3.05, 3.63) is 72.3 Å². The largest absolute Gasteiger partial charge is 0.401 e. The molecule has 0 fully saturated rings. The average molecular weight is 498 g/mol. The van der Waals surface area contributed by atoms with E-state index in [0.717, 1.165) is 9.26 Å². The van der Waals surface area contributed by atoms with Gasteiger partial charge in [-0.3, -0.25) is 4.57 Å². The molecule has 130 valence electrons. The second-order valence-electron chi connectivity index (χ2n) is 5.61. The van der Waals surface area contributed by atoms with Crippen molar-refractivity contribution in [3.8, 4) is 17.4 Å². The fourth-order valence-corrected chi connectivity index (χ4v) is 3.90. The van der Waals surface area contributed by atoms with Crippen molar-refractivity contribution in [1.29, 1.82) is 0 Å². The molecule has 5 nitrogen and oxygen atoms in total. The predicted molar refractivity (Wildman–Crippen MR) is 110 cm³/mol. The highest BCUT2D eigenvalue weighted by Crippen LogP contribution is 2.30. The van der Waals surface area contributed by atoms with Gasteiger partial charge in [-0.15, -0.1) is 0 Å². The smallest absolute Gasteiger partial charge is 0.347 e. The molecule has 0 spiro atoms. The van der Waals surface area contributed by atoms with E-state index in [-0.39, 0.29) is 5.89 Å². The molecule has 0 aliphatic carbocycles. The van der Waals surface area contributed by atoms with Crippen molar-refractivity contribution in [2.75, 3.05) is 0 Å².